The van der Waals surface area contributed by atoms with Gasteiger partial charge >= 0.3 is 0 Å². The first-order valence-corrected chi connectivity index (χ1v) is 10.6. The minimum Gasteiger partial charge on any atom is -0.253 e. The average molecular weight is 368 g/mol. The van der Waals surface area contributed by atoms with Crippen molar-refractivity contribution in [2.75, 3.05) is 0 Å². The molecule has 0 unspecified atom stereocenters. The first kappa shape index (κ1) is 17.5. The van der Waals surface area contributed by atoms with E-state index in [1.165, 1.54) is 38.5 Å². The van der Waals surface area contributed by atoms with E-state index in [1.54, 1.807) is 0 Å². The third-order valence-electron chi connectivity index (χ3n) is 7.70. The van der Waals surface area contributed by atoms with Crippen molar-refractivity contribution in [1.29, 1.82) is 0 Å². The smallest absolute Gasteiger partial charge is 0.111 e. The summed E-state index contributed by atoms with van der Waals surface area (Å²) in [6, 6.07) is 4.08. The molecular formula is C22H33N5. The zero-order valence-electron chi connectivity index (χ0n) is 17.2. The standard InChI is InChI=1S/C22H33N5/c1-20(2,25-9-5-7-23-25)27(21(3,4)26-10-6-8-24-26)22-14-17-11-18(15-22)13-19(12-17)16-22/h5-10,17-19H,11-16H2,1-4H3. The molecule has 4 fully saturated rings. The molecular weight excluding hydrogens is 334 g/mol. The van der Waals surface area contributed by atoms with Gasteiger partial charge in [-0.15, -0.1) is 0 Å². The van der Waals surface area contributed by atoms with Crippen molar-refractivity contribution in [2.24, 2.45) is 17.8 Å². The van der Waals surface area contributed by atoms with Crippen LogP contribution in [0.1, 0.15) is 66.2 Å². The number of nitrogens with zero attached hydrogens (tertiary/aromatic N) is 5. The summed E-state index contributed by atoms with van der Waals surface area (Å²) in [5, 5.41) is 9.35. The van der Waals surface area contributed by atoms with Crippen molar-refractivity contribution >= 4 is 0 Å². The molecule has 0 aromatic carbocycles. The van der Waals surface area contributed by atoms with Crippen LogP contribution >= 0.6 is 0 Å². The van der Waals surface area contributed by atoms with E-state index in [-0.39, 0.29) is 16.9 Å². The lowest BCUT2D eigenvalue weighted by atomic mass is 9.52. The maximum Gasteiger partial charge on any atom is 0.111 e. The van der Waals surface area contributed by atoms with E-state index in [0.29, 0.717) is 0 Å². The van der Waals surface area contributed by atoms with Gasteiger partial charge in [0.05, 0.1) is 0 Å². The predicted octanol–water partition coefficient (Wildman–Crippen LogP) is 4.44. The zero-order chi connectivity index (χ0) is 18.9. The Labute approximate surface area is 162 Å². The van der Waals surface area contributed by atoms with Crippen molar-refractivity contribution in [3.63, 3.8) is 0 Å². The van der Waals surface area contributed by atoms with Crippen LogP contribution in [0.4, 0.5) is 0 Å². The molecule has 0 aliphatic heterocycles. The van der Waals surface area contributed by atoms with E-state index in [2.05, 4.69) is 64.5 Å². The summed E-state index contributed by atoms with van der Waals surface area (Å²) >= 11 is 0. The highest BCUT2D eigenvalue weighted by Gasteiger charge is 2.60. The zero-order valence-corrected chi connectivity index (χ0v) is 17.2. The van der Waals surface area contributed by atoms with Gasteiger partial charge in [-0.05, 0) is 96.1 Å². The first-order valence-electron chi connectivity index (χ1n) is 10.6. The van der Waals surface area contributed by atoms with Gasteiger partial charge < -0.3 is 0 Å². The molecule has 2 aromatic heterocycles. The molecule has 4 saturated carbocycles. The van der Waals surface area contributed by atoms with Crippen LogP contribution in [0.3, 0.4) is 0 Å². The molecule has 27 heavy (non-hydrogen) atoms. The molecule has 5 nitrogen and oxygen atoms in total. The fourth-order valence-electron chi connectivity index (χ4n) is 7.56. The van der Waals surface area contributed by atoms with Crippen LogP contribution < -0.4 is 0 Å². The van der Waals surface area contributed by atoms with Gasteiger partial charge in [-0.2, -0.15) is 10.2 Å². The number of hydrogen-bond donors (Lipinski definition) is 0. The van der Waals surface area contributed by atoms with E-state index in [0.717, 1.165) is 17.8 Å². The highest BCUT2D eigenvalue weighted by atomic mass is 15.6. The van der Waals surface area contributed by atoms with Gasteiger partial charge in [-0.1, -0.05) is 0 Å². The van der Waals surface area contributed by atoms with Crippen LogP contribution in [-0.2, 0) is 11.3 Å². The summed E-state index contributed by atoms with van der Waals surface area (Å²) in [4.78, 5) is 2.79. The van der Waals surface area contributed by atoms with Crippen molar-refractivity contribution < 1.29 is 0 Å². The lowest BCUT2D eigenvalue weighted by molar-refractivity contribution is -0.212. The van der Waals surface area contributed by atoms with Gasteiger partial charge in [0.1, 0.15) is 11.3 Å². The third kappa shape index (κ3) is 2.54. The molecule has 4 aliphatic rings. The minimum atomic E-state index is -0.232. The molecule has 0 spiro atoms. The number of aromatic nitrogens is 4. The minimum absolute atomic E-state index is 0.232. The molecule has 0 saturated heterocycles. The fraction of sp³-hybridized carbons (Fsp3) is 0.727. The van der Waals surface area contributed by atoms with Gasteiger partial charge in [-0.3, -0.25) is 9.36 Å². The van der Waals surface area contributed by atoms with E-state index in [1.807, 2.05) is 24.5 Å². The average Bonchev–Trinajstić information content (AvgIpc) is 3.27. The monoisotopic (exact) mass is 367 g/mol. The second-order valence-electron chi connectivity index (χ2n) is 10.4. The molecule has 4 aliphatic carbocycles. The highest BCUT2D eigenvalue weighted by molar-refractivity contribution is 5.11. The fourth-order valence-corrected chi connectivity index (χ4v) is 7.56. The Bertz CT molecular complexity index is 705. The molecule has 4 bridgehead atoms. The van der Waals surface area contributed by atoms with E-state index < -0.39 is 0 Å². The topological polar surface area (TPSA) is 38.9 Å². The Hall–Kier alpha value is -1.62. The van der Waals surface area contributed by atoms with E-state index in [9.17, 15) is 0 Å². The molecule has 146 valence electrons. The largest absolute Gasteiger partial charge is 0.253 e. The summed E-state index contributed by atoms with van der Waals surface area (Å²) in [6.07, 6.45) is 16.4. The summed E-state index contributed by atoms with van der Waals surface area (Å²) in [6.45, 7) is 9.35. The van der Waals surface area contributed by atoms with Crippen molar-refractivity contribution in [3.8, 4) is 0 Å². The van der Waals surface area contributed by atoms with E-state index >= 15 is 0 Å². The van der Waals surface area contributed by atoms with Gasteiger partial charge in [0.2, 0.25) is 0 Å². The van der Waals surface area contributed by atoms with Crippen molar-refractivity contribution in [2.45, 2.75) is 83.1 Å². The molecule has 2 aromatic rings. The summed E-state index contributed by atoms with van der Waals surface area (Å²) < 4.78 is 4.30. The number of hydrogen-bond acceptors (Lipinski definition) is 3. The van der Waals surface area contributed by atoms with Crippen LogP contribution in [0.25, 0.3) is 0 Å². The Morgan fingerprint density at radius 1 is 0.778 bits per heavy atom. The quantitative estimate of drug-likeness (QED) is 0.784. The molecule has 5 heteroatoms. The summed E-state index contributed by atoms with van der Waals surface area (Å²) in [5.41, 5.74) is -0.227. The normalized spacial score (nSPS) is 33.1. The molecule has 0 amide bonds. The van der Waals surface area contributed by atoms with Crippen LogP contribution in [-0.4, -0.2) is 30.0 Å². The molecule has 6 rings (SSSR count). The van der Waals surface area contributed by atoms with E-state index in [4.69, 9.17) is 0 Å². The van der Waals surface area contributed by atoms with Gasteiger partial charge in [0.15, 0.2) is 0 Å². The first-order chi connectivity index (χ1) is 12.8. The second kappa shape index (κ2) is 5.69. The SMILES string of the molecule is CC(C)(N(C12CC3CC(CC(C3)C1)C2)C(C)(C)n1cccn1)n1cccn1. The Kier molecular flexibility index (Phi) is 3.69. The Morgan fingerprint density at radius 2 is 1.19 bits per heavy atom. The van der Waals surface area contributed by atoms with Crippen LogP contribution in [0.2, 0.25) is 0 Å². The summed E-state index contributed by atoms with van der Waals surface area (Å²) in [7, 11) is 0. The molecule has 2 heterocycles. The Balaban J connectivity index is 1.65. The molecule has 0 N–H and O–H groups in total. The van der Waals surface area contributed by atoms with Crippen LogP contribution in [0.5, 0.6) is 0 Å². The van der Waals surface area contributed by atoms with Gasteiger partial charge in [-0.25, -0.2) is 4.90 Å². The van der Waals surface area contributed by atoms with Crippen LogP contribution in [0.15, 0.2) is 36.9 Å². The summed E-state index contributed by atoms with van der Waals surface area (Å²) in [5.74, 6) is 2.71. The number of rotatable bonds is 5. The lowest BCUT2D eigenvalue weighted by Gasteiger charge is -2.66. The highest BCUT2D eigenvalue weighted by Crippen LogP contribution is 2.60. The predicted molar refractivity (Wildman–Crippen MR) is 106 cm³/mol. The van der Waals surface area contributed by atoms with Crippen LogP contribution in [0, 0.1) is 17.8 Å². The maximum absolute atomic E-state index is 4.68. The van der Waals surface area contributed by atoms with Crippen molar-refractivity contribution in [1.82, 2.24) is 24.5 Å². The molecule has 0 radical (unpaired) electrons. The maximum atomic E-state index is 4.68. The van der Waals surface area contributed by atoms with Crippen molar-refractivity contribution in [3.05, 3.63) is 36.9 Å². The third-order valence-corrected chi connectivity index (χ3v) is 7.70. The lowest BCUT2D eigenvalue weighted by Crippen LogP contribution is -2.71. The Morgan fingerprint density at radius 3 is 1.52 bits per heavy atom. The van der Waals surface area contributed by atoms with Gasteiger partial charge in [0, 0.05) is 30.3 Å². The van der Waals surface area contributed by atoms with Gasteiger partial charge in [0.25, 0.3) is 0 Å². The second-order valence-corrected chi connectivity index (χ2v) is 10.4. The molecule has 0 atom stereocenters.